The fourth-order valence-corrected chi connectivity index (χ4v) is 6.45. The van der Waals surface area contributed by atoms with Crippen molar-refractivity contribution in [2.75, 3.05) is 19.8 Å². The molecule has 10 heteroatoms. The first-order chi connectivity index (χ1) is 28.8. The van der Waals surface area contributed by atoms with Crippen LogP contribution in [0.1, 0.15) is 168 Å². The van der Waals surface area contributed by atoms with E-state index in [-0.39, 0.29) is 26.1 Å². The van der Waals surface area contributed by atoms with E-state index < -0.39 is 55.4 Å². The van der Waals surface area contributed by atoms with Crippen LogP contribution in [0.25, 0.3) is 0 Å². The van der Waals surface area contributed by atoms with Gasteiger partial charge in [0, 0.05) is 12.8 Å². The third-order valence-electron chi connectivity index (χ3n) is 10.1. The van der Waals surface area contributed by atoms with Gasteiger partial charge in [0.25, 0.3) is 0 Å². The maximum atomic E-state index is 12.8. The number of ether oxygens (including phenoxy) is 4. The van der Waals surface area contributed by atoms with Gasteiger partial charge in [0.15, 0.2) is 12.4 Å². The summed E-state index contributed by atoms with van der Waals surface area (Å²) in [6.07, 6.45) is 41.9. The summed E-state index contributed by atoms with van der Waals surface area (Å²) in [6, 6.07) is 0. The van der Waals surface area contributed by atoms with Gasteiger partial charge in [-0.2, -0.15) is 0 Å². The SMILES string of the molecule is CC/C=C\C/C=C\C/C=C\C/C=C\CCCCCCCCCCC(=O)OC(COC(=O)CCCCCCC/C=C\C/C=C\CCC)COC1OC(CO)C(O)C(O)C1O. The van der Waals surface area contributed by atoms with Gasteiger partial charge < -0.3 is 39.4 Å². The number of carbonyl (C=O) groups excluding carboxylic acids is 2. The lowest BCUT2D eigenvalue weighted by atomic mass is 9.99. The van der Waals surface area contributed by atoms with Gasteiger partial charge in [-0.25, -0.2) is 0 Å². The van der Waals surface area contributed by atoms with Crippen molar-refractivity contribution in [3.05, 3.63) is 72.9 Å². The minimum absolute atomic E-state index is 0.213. The molecule has 59 heavy (non-hydrogen) atoms. The van der Waals surface area contributed by atoms with Crippen LogP contribution in [0.15, 0.2) is 72.9 Å². The number of aliphatic hydroxyl groups excluding tert-OH is 4. The molecule has 6 atom stereocenters. The molecule has 1 aliphatic rings. The second-order valence-electron chi connectivity index (χ2n) is 15.5. The Labute approximate surface area is 357 Å². The van der Waals surface area contributed by atoms with Crippen molar-refractivity contribution < 1.29 is 49.0 Å². The highest BCUT2D eigenvalue weighted by molar-refractivity contribution is 5.70. The van der Waals surface area contributed by atoms with Gasteiger partial charge in [-0.05, 0) is 77.0 Å². The molecule has 0 radical (unpaired) electrons. The number of aliphatic hydroxyl groups is 4. The van der Waals surface area contributed by atoms with Crippen molar-refractivity contribution >= 4 is 11.9 Å². The first kappa shape index (κ1) is 54.2. The summed E-state index contributed by atoms with van der Waals surface area (Å²) in [5, 5.41) is 40.1. The molecule has 1 heterocycles. The predicted octanol–water partition coefficient (Wildman–Crippen LogP) is 10.00. The molecule has 10 nitrogen and oxygen atoms in total. The van der Waals surface area contributed by atoms with Gasteiger partial charge in [-0.3, -0.25) is 9.59 Å². The molecule has 0 aromatic carbocycles. The lowest BCUT2D eigenvalue weighted by Crippen LogP contribution is -2.59. The number of rotatable bonds is 37. The Kier molecular flexibility index (Phi) is 36.1. The van der Waals surface area contributed by atoms with E-state index in [4.69, 9.17) is 18.9 Å². The average Bonchev–Trinajstić information content (AvgIpc) is 3.23. The summed E-state index contributed by atoms with van der Waals surface area (Å²) >= 11 is 0. The topological polar surface area (TPSA) is 152 Å². The molecule has 6 unspecified atom stereocenters. The molecule has 0 saturated carbocycles. The minimum atomic E-state index is -1.60. The van der Waals surface area contributed by atoms with Crippen LogP contribution in [0.5, 0.6) is 0 Å². The minimum Gasteiger partial charge on any atom is -0.462 e. The maximum Gasteiger partial charge on any atom is 0.306 e. The molecule has 1 rings (SSSR count). The zero-order valence-corrected chi connectivity index (χ0v) is 36.7. The molecule has 0 bridgehead atoms. The Balaban J connectivity index is 2.32. The summed E-state index contributed by atoms with van der Waals surface area (Å²) < 4.78 is 22.1. The van der Waals surface area contributed by atoms with E-state index in [9.17, 15) is 30.0 Å². The summed E-state index contributed by atoms with van der Waals surface area (Å²) in [4.78, 5) is 25.3. The number of carbonyl (C=O) groups is 2. The van der Waals surface area contributed by atoms with E-state index in [0.717, 1.165) is 96.3 Å². The van der Waals surface area contributed by atoms with E-state index in [1.54, 1.807) is 0 Å². The second kappa shape index (κ2) is 39.3. The first-order valence-corrected chi connectivity index (χ1v) is 23.0. The zero-order chi connectivity index (χ0) is 43.0. The Morgan fingerprint density at radius 3 is 1.51 bits per heavy atom. The highest BCUT2D eigenvalue weighted by Gasteiger charge is 2.44. The molecule has 1 fully saturated rings. The summed E-state index contributed by atoms with van der Waals surface area (Å²) in [5.41, 5.74) is 0. The van der Waals surface area contributed by atoms with Crippen molar-refractivity contribution in [3.8, 4) is 0 Å². The van der Waals surface area contributed by atoms with Gasteiger partial charge >= 0.3 is 11.9 Å². The van der Waals surface area contributed by atoms with E-state index in [2.05, 4.69) is 86.8 Å². The van der Waals surface area contributed by atoms with E-state index in [1.807, 2.05) is 0 Å². The van der Waals surface area contributed by atoms with Crippen molar-refractivity contribution in [2.45, 2.75) is 205 Å². The highest BCUT2D eigenvalue weighted by Crippen LogP contribution is 2.22. The smallest absolute Gasteiger partial charge is 0.306 e. The third-order valence-corrected chi connectivity index (χ3v) is 10.1. The Bertz CT molecular complexity index is 1190. The zero-order valence-electron chi connectivity index (χ0n) is 36.7. The van der Waals surface area contributed by atoms with Crippen LogP contribution < -0.4 is 0 Å². The Morgan fingerprint density at radius 1 is 0.542 bits per heavy atom. The van der Waals surface area contributed by atoms with Crippen LogP contribution in [0, 0.1) is 0 Å². The van der Waals surface area contributed by atoms with Crippen molar-refractivity contribution in [1.29, 1.82) is 0 Å². The quantitative estimate of drug-likeness (QED) is 0.0271. The largest absolute Gasteiger partial charge is 0.462 e. The van der Waals surface area contributed by atoms with Gasteiger partial charge in [-0.15, -0.1) is 0 Å². The third kappa shape index (κ3) is 30.8. The van der Waals surface area contributed by atoms with Crippen LogP contribution in [-0.2, 0) is 28.5 Å². The molecule has 1 aliphatic heterocycles. The standard InChI is InChI=1S/C49H82O10/c1-3-5-7-9-11-13-15-17-18-19-20-21-22-23-24-26-28-30-32-34-36-38-45(52)58-42(41-57-49-48(55)47(54)46(53)43(39-50)59-49)40-56-44(51)37-35-33-31-29-27-25-16-14-12-10-8-6-4-2/h5,7-8,10-11,13-14,16-18,20-21,42-43,46-50,53-55H,3-4,6,9,12,15,19,22-41H2,1-2H3/b7-5-,10-8-,13-11-,16-14-,18-17-,21-20-. The molecule has 338 valence electrons. The Morgan fingerprint density at radius 2 is 1.00 bits per heavy atom. The van der Waals surface area contributed by atoms with Crippen LogP contribution >= 0.6 is 0 Å². The lowest BCUT2D eigenvalue weighted by Gasteiger charge is -2.39. The van der Waals surface area contributed by atoms with Gasteiger partial charge in [0.1, 0.15) is 31.0 Å². The second-order valence-corrected chi connectivity index (χ2v) is 15.5. The molecular weight excluding hydrogens is 749 g/mol. The fraction of sp³-hybridized carbons (Fsp3) is 0.714. The average molecular weight is 831 g/mol. The molecule has 0 aliphatic carbocycles. The Hall–Kier alpha value is -2.86. The molecule has 4 N–H and O–H groups in total. The first-order valence-electron chi connectivity index (χ1n) is 23.0. The van der Waals surface area contributed by atoms with Crippen LogP contribution in [0.2, 0.25) is 0 Å². The van der Waals surface area contributed by atoms with Crippen LogP contribution in [-0.4, -0.2) is 89.0 Å². The monoisotopic (exact) mass is 831 g/mol. The molecule has 0 aromatic heterocycles. The van der Waals surface area contributed by atoms with E-state index in [0.29, 0.717) is 12.8 Å². The van der Waals surface area contributed by atoms with E-state index >= 15 is 0 Å². The summed E-state index contributed by atoms with van der Waals surface area (Å²) in [7, 11) is 0. The predicted molar refractivity (Wildman–Crippen MR) is 238 cm³/mol. The maximum absolute atomic E-state index is 12.8. The van der Waals surface area contributed by atoms with E-state index in [1.165, 1.54) is 32.1 Å². The number of hydrogen-bond donors (Lipinski definition) is 4. The molecule has 0 aromatic rings. The van der Waals surface area contributed by atoms with Crippen molar-refractivity contribution in [2.24, 2.45) is 0 Å². The van der Waals surface area contributed by atoms with Gasteiger partial charge in [-0.1, -0.05) is 151 Å². The highest BCUT2D eigenvalue weighted by atomic mass is 16.7. The fourth-order valence-electron chi connectivity index (χ4n) is 6.45. The van der Waals surface area contributed by atoms with Crippen molar-refractivity contribution in [3.63, 3.8) is 0 Å². The summed E-state index contributed by atoms with van der Waals surface area (Å²) in [6.45, 7) is 3.21. The number of unbranched alkanes of at least 4 members (excludes halogenated alkanes) is 14. The summed E-state index contributed by atoms with van der Waals surface area (Å²) in [5.74, 6) is -0.838. The number of hydrogen-bond acceptors (Lipinski definition) is 10. The molecule has 0 amide bonds. The number of esters is 2. The normalized spacial score (nSPS) is 20.7. The molecule has 1 saturated heterocycles. The molecule has 0 spiro atoms. The lowest BCUT2D eigenvalue weighted by molar-refractivity contribution is -0.305. The van der Waals surface area contributed by atoms with Crippen LogP contribution in [0.3, 0.4) is 0 Å². The number of allylic oxidation sites excluding steroid dienone is 12. The van der Waals surface area contributed by atoms with Gasteiger partial charge in [0.2, 0.25) is 0 Å². The molecular formula is C49H82O10. The van der Waals surface area contributed by atoms with Crippen molar-refractivity contribution in [1.82, 2.24) is 0 Å². The van der Waals surface area contributed by atoms with Gasteiger partial charge in [0.05, 0.1) is 13.2 Å². The van der Waals surface area contributed by atoms with Crippen LogP contribution in [0.4, 0.5) is 0 Å².